The van der Waals surface area contributed by atoms with Crippen LogP contribution in [-0.2, 0) is 16.1 Å². The fraction of sp³-hybridized carbons (Fsp3) is 0.529. The molecule has 0 unspecified atom stereocenters. The lowest BCUT2D eigenvalue weighted by Gasteiger charge is -2.37. The minimum absolute atomic E-state index is 0.00942. The van der Waals surface area contributed by atoms with Crippen LogP contribution in [0, 0.1) is 0 Å². The number of benzene rings is 1. The number of likely N-dealkylation sites (tertiary alicyclic amines) is 1. The molecule has 0 bridgehead atoms. The van der Waals surface area contributed by atoms with Crippen molar-refractivity contribution in [1.29, 1.82) is 0 Å². The number of aromatic carboxylic acids is 1. The number of ether oxygens (including phenoxy) is 1. The molecule has 1 heterocycles. The number of carboxylic acids is 1. The van der Waals surface area contributed by atoms with Gasteiger partial charge in [-0.2, -0.15) is 0 Å². The normalized spacial score (nSPS) is 21.3. The van der Waals surface area contributed by atoms with Gasteiger partial charge in [-0.15, -0.1) is 0 Å². The van der Waals surface area contributed by atoms with Crippen LogP contribution in [0.5, 0.6) is 0 Å². The predicted molar refractivity (Wildman–Crippen MR) is 86.3 cm³/mol. The van der Waals surface area contributed by atoms with Gasteiger partial charge in [0, 0.05) is 27.1 Å². The fourth-order valence-electron chi connectivity index (χ4n) is 3.28. The van der Waals surface area contributed by atoms with E-state index in [9.17, 15) is 9.59 Å². The molecule has 2 N–H and O–H groups in total. The van der Waals surface area contributed by atoms with E-state index in [1.165, 1.54) is 0 Å². The zero-order valence-electron chi connectivity index (χ0n) is 13.7. The first-order valence-corrected chi connectivity index (χ1v) is 7.77. The van der Waals surface area contributed by atoms with E-state index in [0.29, 0.717) is 19.6 Å². The van der Waals surface area contributed by atoms with Crippen LogP contribution in [-0.4, -0.2) is 54.7 Å². The first kappa shape index (κ1) is 17.4. The molecule has 1 aliphatic rings. The molecule has 1 aromatic rings. The third-order valence-corrected chi connectivity index (χ3v) is 4.50. The van der Waals surface area contributed by atoms with Crippen LogP contribution in [0.3, 0.4) is 0 Å². The number of carbonyl (C=O) groups is 2. The van der Waals surface area contributed by atoms with E-state index < -0.39 is 5.97 Å². The molecule has 1 amide bonds. The van der Waals surface area contributed by atoms with Crippen molar-refractivity contribution in [3.8, 4) is 0 Å². The quantitative estimate of drug-likeness (QED) is 0.796. The maximum Gasteiger partial charge on any atom is 0.335 e. The van der Waals surface area contributed by atoms with Crippen LogP contribution < -0.4 is 5.32 Å². The highest BCUT2D eigenvalue weighted by molar-refractivity contribution is 5.87. The number of hydrogen-bond acceptors (Lipinski definition) is 4. The number of rotatable bonds is 7. The van der Waals surface area contributed by atoms with Gasteiger partial charge >= 0.3 is 5.97 Å². The molecule has 6 nitrogen and oxygen atoms in total. The molecule has 0 aromatic heterocycles. The summed E-state index contributed by atoms with van der Waals surface area (Å²) < 4.78 is 5.39. The molecule has 126 valence electrons. The standard InChI is InChI=1S/C17H24N2O4/c1-18-15(20)10-17(12-23-2)8-3-9-19(17)11-13-4-6-14(7-5-13)16(21)22/h4-7H,3,8-12H2,1-2H3,(H,18,20)(H,21,22)/t17-/m0/s1. The first-order chi connectivity index (χ1) is 11.0. The van der Waals surface area contributed by atoms with Gasteiger partial charge in [-0.25, -0.2) is 4.79 Å². The smallest absolute Gasteiger partial charge is 0.335 e. The maximum absolute atomic E-state index is 11.9. The molecule has 1 atom stereocenters. The average Bonchev–Trinajstić information content (AvgIpc) is 2.90. The third-order valence-electron chi connectivity index (χ3n) is 4.50. The molecule has 2 rings (SSSR count). The molecule has 0 radical (unpaired) electrons. The fourth-order valence-corrected chi connectivity index (χ4v) is 3.28. The molecular formula is C17H24N2O4. The van der Waals surface area contributed by atoms with E-state index in [2.05, 4.69) is 10.2 Å². The summed E-state index contributed by atoms with van der Waals surface area (Å²) in [6, 6.07) is 6.90. The zero-order valence-corrected chi connectivity index (χ0v) is 13.7. The summed E-state index contributed by atoms with van der Waals surface area (Å²) >= 11 is 0. The summed E-state index contributed by atoms with van der Waals surface area (Å²) in [4.78, 5) is 25.1. The Hall–Kier alpha value is -1.92. The third kappa shape index (κ3) is 4.09. The number of carboxylic acid groups (broad SMARTS) is 1. The number of methoxy groups -OCH3 is 1. The number of nitrogens with one attached hydrogen (secondary N) is 1. The van der Waals surface area contributed by atoms with Gasteiger partial charge in [0.2, 0.25) is 5.91 Å². The highest BCUT2D eigenvalue weighted by Crippen LogP contribution is 2.34. The van der Waals surface area contributed by atoms with E-state index in [4.69, 9.17) is 9.84 Å². The molecule has 6 heteroatoms. The van der Waals surface area contributed by atoms with Crippen LogP contribution in [0.4, 0.5) is 0 Å². The van der Waals surface area contributed by atoms with Crippen LogP contribution >= 0.6 is 0 Å². The van der Waals surface area contributed by atoms with Crippen molar-refractivity contribution >= 4 is 11.9 Å². The molecule has 0 saturated carbocycles. The van der Waals surface area contributed by atoms with E-state index in [0.717, 1.165) is 24.9 Å². The summed E-state index contributed by atoms with van der Waals surface area (Å²) in [7, 11) is 3.30. The van der Waals surface area contributed by atoms with Crippen molar-refractivity contribution < 1.29 is 19.4 Å². The average molecular weight is 320 g/mol. The van der Waals surface area contributed by atoms with Crippen molar-refractivity contribution in [3.63, 3.8) is 0 Å². The lowest BCUT2D eigenvalue weighted by molar-refractivity contribution is -0.124. The zero-order chi connectivity index (χ0) is 16.9. The van der Waals surface area contributed by atoms with Gasteiger partial charge in [-0.1, -0.05) is 12.1 Å². The molecule has 23 heavy (non-hydrogen) atoms. The van der Waals surface area contributed by atoms with Gasteiger partial charge in [0.15, 0.2) is 0 Å². The highest BCUT2D eigenvalue weighted by Gasteiger charge is 2.42. The lowest BCUT2D eigenvalue weighted by atomic mass is 9.92. The van der Waals surface area contributed by atoms with Gasteiger partial charge in [-0.05, 0) is 37.1 Å². The summed E-state index contributed by atoms with van der Waals surface area (Å²) in [6.45, 7) is 2.09. The molecule has 1 aromatic carbocycles. The summed E-state index contributed by atoms with van der Waals surface area (Å²) in [5, 5.41) is 11.7. The van der Waals surface area contributed by atoms with Crippen molar-refractivity contribution in [3.05, 3.63) is 35.4 Å². The Kier molecular flexibility index (Phi) is 5.74. The van der Waals surface area contributed by atoms with Crippen molar-refractivity contribution in [2.75, 3.05) is 27.3 Å². The summed E-state index contributed by atoms with van der Waals surface area (Å²) in [5.74, 6) is -0.916. The highest BCUT2D eigenvalue weighted by atomic mass is 16.5. The van der Waals surface area contributed by atoms with Gasteiger partial charge in [-0.3, -0.25) is 9.69 Å². The topological polar surface area (TPSA) is 78.9 Å². The number of nitrogens with zero attached hydrogens (tertiary/aromatic N) is 1. The molecule has 1 aliphatic heterocycles. The Morgan fingerprint density at radius 1 is 1.35 bits per heavy atom. The van der Waals surface area contributed by atoms with E-state index >= 15 is 0 Å². The van der Waals surface area contributed by atoms with Crippen LogP contribution in [0.2, 0.25) is 0 Å². The lowest BCUT2D eigenvalue weighted by Crippen LogP contribution is -2.49. The van der Waals surface area contributed by atoms with E-state index in [1.54, 1.807) is 26.3 Å². The molecule has 1 saturated heterocycles. The first-order valence-electron chi connectivity index (χ1n) is 7.77. The van der Waals surface area contributed by atoms with Crippen molar-refractivity contribution in [1.82, 2.24) is 10.2 Å². The molecular weight excluding hydrogens is 296 g/mol. The minimum atomic E-state index is -0.925. The van der Waals surface area contributed by atoms with Gasteiger partial charge in [0.1, 0.15) is 0 Å². The van der Waals surface area contributed by atoms with Crippen molar-refractivity contribution in [2.24, 2.45) is 0 Å². The van der Waals surface area contributed by atoms with Crippen LogP contribution in [0.15, 0.2) is 24.3 Å². The second kappa shape index (κ2) is 7.57. The largest absolute Gasteiger partial charge is 0.478 e. The Balaban J connectivity index is 2.15. The Morgan fingerprint density at radius 3 is 2.61 bits per heavy atom. The van der Waals surface area contributed by atoms with Crippen LogP contribution in [0.25, 0.3) is 0 Å². The molecule has 0 spiro atoms. The van der Waals surface area contributed by atoms with E-state index in [-0.39, 0.29) is 17.0 Å². The number of amides is 1. The Bertz CT molecular complexity index is 558. The van der Waals surface area contributed by atoms with Crippen LogP contribution in [0.1, 0.15) is 35.2 Å². The Labute approximate surface area is 136 Å². The number of carbonyl (C=O) groups excluding carboxylic acids is 1. The Morgan fingerprint density at radius 2 is 2.04 bits per heavy atom. The minimum Gasteiger partial charge on any atom is -0.478 e. The van der Waals surface area contributed by atoms with Gasteiger partial charge in [0.05, 0.1) is 17.7 Å². The summed E-state index contributed by atoms with van der Waals surface area (Å²) in [6.07, 6.45) is 2.35. The maximum atomic E-state index is 11.9. The molecule has 1 fully saturated rings. The molecule has 0 aliphatic carbocycles. The summed E-state index contributed by atoms with van der Waals surface area (Å²) in [5.41, 5.74) is 1.03. The monoisotopic (exact) mass is 320 g/mol. The predicted octanol–water partition coefficient (Wildman–Crippen LogP) is 1.50. The number of hydrogen-bond donors (Lipinski definition) is 2. The van der Waals surface area contributed by atoms with Crippen molar-refractivity contribution in [2.45, 2.75) is 31.3 Å². The van der Waals surface area contributed by atoms with E-state index in [1.807, 2.05) is 12.1 Å². The van der Waals surface area contributed by atoms with Gasteiger partial charge < -0.3 is 15.2 Å². The SMILES string of the molecule is CNC(=O)C[C@]1(COC)CCCN1Cc1ccc(C(=O)O)cc1. The second-order valence-electron chi connectivity index (χ2n) is 6.03. The van der Waals surface area contributed by atoms with Gasteiger partial charge in [0.25, 0.3) is 0 Å². The second-order valence-corrected chi connectivity index (χ2v) is 6.03.